The summed E-state index contributed by atoms with van der Waals surface area (Å²) in [6, 6.07) is -1.26. The maximum atomic E-state index is 13.3. The van der Waals surface area contributed by atoms with Gasteiger partial charge in [0.1, 0.15) is 35.9 Å². The summed E-state index contributed by atoms with van der Waals surface area (Å²) in [6.45, 7) is 7.54. The van der Waals surface area contributed by atoms with Crippen molar-refractivity contribution in [3.63, 3.8) is 0 Å². The molecule has 32 heavy (non-hydrogen) atoms. The van der Waals surface area contributed by atoms with Crippen LogP contribution in [0, 0.1) is 17.8 Å². The van der Waals surface area contributed by atoms with Gasteiger partial charge in [-0.05, 0) is 50.2 Å². The van der Waals surface area contributed by atoms with Crippen LogP contribution >= 0.6 is 23.4 Å². The van der Waals surface area contributed by atoms with E-state index in [1.165, 1.54) is 11.8 Å². The van der Waals surface area contributed by atoms with Crippen molar-refractivity contribution in [2.24, 2.45) is 17.8 Å². The minimum Gasteiger partial charge on any atom is -0.388 e. The average molecular weight is 495 g/mol. The van der Waals surface area contributed by atoms with Gasteiger partial charge in [-0.3, -0.25) is 4.79 Å². The third kappa shape index (κ3) is 5.92. The second-order valence-electron chi connectivity index (χ2n) is 9.89. The molecule has 0 aromatic heterocycles. The van der Waals surface area contributed by atoms with Crippen LogP contribution in [0.3, 0.4) is 0 Å². The molecule has 3 saturated heterocycles. The summed E-state index contributed by atoms with van der Waals surface area (Å²) >= 11 is 7.62. The number of thioether (sulfide) groups is 1. The zero-order valence-corrected chi connectivity index (χ0v) is 20.9. The monoisotopic (exact) mass is 494 g/mol. The van der Waals surface area contributed by atoms with E-state index in [-0.39, 0.29) is 17.9 Å². The lowest BCUT2D eigenvalue weighted by Crippen LogP contribution is -2.65. The summed E-state index contributed by atoms with van der Waals surface area (Å²) in [7, 11) is 0. The molecule has 0 saturated carbocycles. The second-order valence-corrected chi connectivity index (χ2v) is 11.5. The van der Waals surface area contributed by atoms with Crippen molar-refractivity contribution in [3.8, 4) is 0 Å². The van der Waals surface area contributed by atoms with Gasteiger partial charge < -0.3 is 35.4 Å². The maximum absolute atomic E-state index is 13.3. The fraction of sp³-hybridized carbons (Fsp3) is 0.955. The Morgan fingerprint density at radius 2 is 1.94 bits per heavy atom. The van der Waals surface area contributed by atoms with Gasteiger partial charge in [0.2, 0.25) is 5.91 Å². The molecule has 0 aromatic carbocycles. The Kier molecular flexibility index (Phi) is 9.54. The first-order valence-electron chi connectivity index (χ1n) is 11.7. The summed E-state index contributed by atoms with van der Waals surface area (Å²) in [4.78, 5) is 13.3. The molecule has 0 bridgehead atoms. The van der Waals surface area contributed by atoms with E-state index in [4.69, 9.17) is 21.1 Å². The van der Waals surface area contributed by atoms with E-state index in [2.05, 4.69) is 24.5 Å². The van der Waals surface area contributed by atoms with Crippen molar-refractivity contribution >= 4 is 29.3 Å². The van der Waals surface area contributed by atoms with Crippen molar-refractivity contribution in [3.05, 3.63) is 0 Å². The molecule has 0 aromatic rings. The molecule has 10 heteroatoms. The lowest BCUT2D eigenvalue weighted by Gasteiger charge is -2.44. The van der Waals surface area contributed by atoms with Crippen LogP contribution in [0.25, 0.3) is 0 Å². The molecule has 0 spiro atoms. The molecule has 0 aliphatic carbocycles. The number of aliphatic hydroxyl groups excluding tert-OH is 3. The highest BCUT2D eigenvalue weighted by molar-refractivity contribution is 7.99. The molecule has 3 aliphatic rings. The number of hydrogen-bond donors (Lipinski definition) is 5. The highest BCUT2D eigenvalue weighted by Crippen LogP contribution is 2.34. The lowest BCUT2D eigenvalue weighted by atomic mass is 9.85. The molecular weight excluding hydrogens is 456 g/mol. The number of nitrogens with one attached hydrogen (secondary N) is 2. The Balaban J connectivity index is 1.68. The summed E-state index contributed by atoms with van der Waals surface area (Å²) < 4.78 is 12.0. The zero-order valence-electron chi connectivity index (χ0n) is 19.3. The van der Waals surface area contributed by atoms with Crippen LogP contribution in [0.5, 0.6) is 0 Å². The number of alkyl halides is 1. The standard InChI is InChI=1S/C22H39ClN2O6S/c1-10(2)7-12-5-6-30-19-13(8-12)9-24-15(19)21(29)25-14(11(3)23)20-17(27)16(26)18(28)22(31-20)32-4/h10-20,22,24,26-28H,5-9H2,1-4H3,(H,25,29)/t11-,12+,13-,14+,15-,16+,17?,18+,19+,20+,22?/m0/s1. The predicted molar refractivity (Wildman–Crippen MR) is 125 cm³/mol. The first kappa shape index (κ1) is 26.5. The van der Waals surface area contributed by atoms with E-state index in [1.54, 1.807) is 13.2 Å². The minimum absolute atomic E-state index is 0.206. The molecule has 8 nitrogen and oxygen atoms in total. The molecule has 3 aliphatic heterocycles. The quantitative estimate of drug-likeness (QED) is 0.328. The Hall–Kier alpha value is -0.130. The third-order valence-corrected chi connectivity index (χ3v) is 8.08. The van der Waals surface area contributed by atoms with Crippen molar-refractivity contribution in [2.75, 3.05) is 19.4 Å². The fourth-order valence-corrected chi connectivity index (χ4v) is 6.24. The van der Waals surface area contributed by atoms with E-state index in [0.717, 1.165) is 25.8 Å². The van der Waals surface area contributed by atoms with Crippen LogP contribution in [0.15, 0.2) is 0 Å². The number of amides is 1. The van der Waals surface area contributed by atoms with E-state index in [0.29, 0.717) is 18.4 Å². The highest BCUT2D eigenvalue weighted by Gasteiger charge is 2.49. The first-order valence-corrected chi connectivity index (χ1v) is 13.4. The predicted octanol–water partition coefficient (Wildman–Crippen LogP) is 0.698. The molecule has 5 N–H and O–H groups in total. The number of carbonyl (C=O) groups is 1. The summed E-state index contributed by atoms with van der Waals surface area (Å²) in [5.41, 5.74) is -0.731. The molecule has 3 fully saturated rings. The van der Waals surface area contributed by atoms with Crippen LogP contribution in [0.4, 0.5) is 0 Å². The lowest BCUT2D eigenvalue weighted by molar-refractivity contribution is -0.205. The molecule has 2 unspecified atom stereocenters. The highest BCUT2D eigenvalue weighted by atomic mass is 35.5. The van der Waals surface area contributed by atoms with Gasteiger partial charge in [-0.25, -0.2) is 0 Å². The molecule has 0 radical (unpaired) electrons. The summed E-state index contributed by atoms with van der Waals surface area (Å²) in [6.07, 6.45) is -0.199. The third-order valence-electron chi connectivity index (χ3n) is 6.95. The Morgan fingerprint density at radius 1 is 1.22 bits per heavy atom. The molecule has 3 rings (SSSR count). The van der Waals surface area contributed by atoms with Gasteiger partial charge in [-0.1, -0.05) is 13.8 Å². The number of aliphatic hydroxyl groups is 3. The van der Waals surface area contributed by atoms with E-state index in [1.807, 2.05) is 0 Å². The van der Waals surface area contributed by atoms with Crippen LogP contribution in [0.1, 0.15) is 40.0 Å². The van der Waals surface area contributed by atoms with Gasteiger partial charge in [-0.15, -0.1) is 23.4 Å². The second kappa shape index (κ2) is 11.5. The van der Waals surface area contributed by atoms with Crippen LogP contribution in [-0.4, -0.2) is 94.1 Å². The van der Waals surface area contributed by atoms with Crippen LogP contribution in [-0.2, 0) is 14.3 Å². The zero-order chi connectivity index (χ0) is 23.6. The molecule has 11 atom stereocenters. The topological polar surface area (TPSA) is 120 Å². The molecule has 1 amide bonds. The number of hydrogen-bond acceptors (Lipinski definition) is 8. The molecule has 3 heterocycles. The normalized spacial score (nSPS) is 42.2. The minimum atomic E-state index is -1.39. The number of rotatable bonds is 7. The largest absolute Gasteiger partial charge is 0.388 e. The van der Waals surface area contributed by atoms with Gasteiger partial charge in [0.25, 0.3) is 0 Å². The molecule has 186 valence electrons. The van der Waals surface area contributed by atoms with Crippen molar-refractivity contribution in [1.29, 1.82) is 0 Å². The van der Waals surface area contributed by atoms with E-state index >= 15 is 0 Å². The van der Waals surface area contributed by atoms with Crippen molar-refractivity contribution in [1.82, 2.24) is 10.6 Å². The summed E-state index contributed by atoms with van der Waals surface area (Å²) in [5.74, 6) is 1.26. The van der Waals surface area contributed by atoms with Gasteiger partial charge in [-0.2, -0.15) is 0 Å². The Labute approximate surface area is 200 Å². The molecular formula is C22H39ClN2O6S. The van der Waals surface area contributed by atoms with Gasteiger partial charge in [0.05, 0.1) is 17.5 Å². The Morgan fingerprint density at radius 3 is 2.56 bits per heavy atom. The van der Waals surface area contributed by atoms with Gasteiger partial charge in [0, 0.05) is 13.2 Å². The van der Waals surface area contributed by atoms with E-state index < -0.39 is 47.3 Å². The number of carbonyl (C=O) groups excluding carboxylic acids is 1. The average Bonchev–Trinajstić information content (AvgIpc) is 3.02. The SMILES string of the molecule is CSC1O[C@H]([C@H](NC(=O)[C@H]2NC[C@@H]3C[C@@H](CC(C)C)CCO[C@H]32)[C@H](C)Cl)C(O)[C@@H](O)[C@H]1O. The maximum Gasteiger partial charge on any atom is 0.240 e. The number of fused-ring (bicyclic) bond motifs is 1. The number of halogens is 1. The van der Waals surface area contributed by atoms with Crippen molar-refractivity contribution < 1.29 is 29.6 Å². The van der Waals surface area contributed by atoms with Crippen LogP contribution < -0.4 is 10.6 Å². The van der Waals surface area contributed by atoms with Crippen molar-refractivity contribution in [2.45, 2.75) is 93.5 Å². The van der Waals surface area contributed by atoms with Gasteiger partial charge in [0.15, 0.2) is 0 Å². The van der Waals surface area contributed by atoms with Gasteiger partial charge >= 0.3 is 0 Å². The number of ether oxygens (including phenoxy) is 2. The Bertz CT molecular complexity index is 627. The smallest absolute Gasteiger partial charge is 0.240 e. The van der Waals surface area contributed by atoms with Crippen LogP contribution in [0.2, 0.25) is 0 Å². The summed E-state index contributed by atoms with van der Waals surface area (Å²) in [5, 5.41) is 36.6. The van der Waals surface area contributed by atoms with E-state index in [9.17, 15) is 20.1 Å². The first-order chi connectivity index (χ1) is 15.1. The fourth-order valence-electron chi connectivity index (χ4n) is 5.35.